The Kier molecular flexibility index (Phi) is 5.94. The summed E-state index contributed by atoms with van der Waals surface area (Å²) in [6.07, 6.45) is 1.58. The van der Waals surface area contributed by atoms with Crippen LogP contribution in [0.25, 0.3) is 0 Å². The second kappa shape index (κ2) is 8.75. The van der Waals surface area contributed by atoms with Crippen LogP contribution in [0.1, 0.15) is 22.8 Å². The lowest BCUT2D eigenvalue weighted by molar-refractivity contribution is 0.0527. The molecule has 3 aromatic rings. The average molecular weight is 366 g/mol. The molecular formula is C20H19FN4O2. The highest BCUT2D eigenvalue weighted by Crippen LogP contribution is 2.20. The summed E-state index contributed by atoms with van der Waals surface area (Å²) < 4.78 is 18.8. The van der Waals surface area contributed by atoms with Crippen LogP contribution in [0, 0.1) is 5.82 Å². The van der Waals surface area contributed by atoms with Crippen molar-refractivity contribution in [2.45, 2.75) is 13.5 Å². The van der Waals surface area contributed by atoms with Crippen molar-refractivity contribution in [3.8, 4) is 0 Å². The number of carbonyl (C=O) groups excluding carboxylic acids is 1. The van der Waals surface area contributed by atoms with Crippen LogP contribution in [0.15, 0.2) is 60.8 Å². The van der Waals surface area contributed by atoms with Gasteiger partial charge in [-0.15, -0.1) is 0 Å². The van der Waals surface area contributed by atoms with Crippen LogP contribution in [0.4, 0.5) is 21.8 Å². The van der Waals surface area contributed by atoms with Crippen LogP contribution in [0.5, 0.6) is 0 Å². The standard InChI is InChI=1S/C20H19FN4O2/c1-2-27-19(26)15-8-4-6-10-17(15)24-20-22-12-11-18(25-20)23-13-14-7-3-5-9-16(14)21/h3-12H,2,13H2,1H3,(H2,22,23,24,25). The van der Waals surface area contributed by atoms with Crippen LogP contribution in [0.2, 0.25) is 0 Å². The highest BCUT2D eigenvalue weighted by atomic mass is 19.1. The first-order chi connectivity index (χ1) is 13.2. The van der Waals surface area contributed by atoms with Crippen molar-refractivity contribution in [1.82, 2.24) is 9.97 Å². The third-order valence-corrected chi connectivity index (χ3v) is 3.74. The average Bonchev–Trinajstić information content (AvgIpc) is 2.68. The number of rotatable bonds is 7. The number of nitrogens with one attached hydrogen (secondary N) is 2. The Balaban J connectivity index is 1.73. The van der Waals surface area contributed by atoms with Crippen LogP contribution in [-0.2, 0) is 11.3 Å². The predicted octanol–water partition coefficient (Wildman–Crippen LogP) is 4.15. The van der Waals surface area contributed by atoms with E-state index in [9.17, 15) is 9.18 Å². The van der Waals surface area contributed by atoms with Crippen LogP contribution >= 0.6 is 0 Å². The van der Waals surface area contributed by atoms with Gasteiger partial charge < -0.3 is 15.4 Å². The van der Waals surface area contributed by atoms with E-state index < -0.39 is 5.97 Å². The van der Waals surface area contributed by atoms with Gasteiger partial charge in [0.1, 0.15) is 11.6 Å². The molecule has 0 radical (unpaired) electrons. The number of ether oxygens (including phenoxy) is 1. The molecule has 0 spiro atoms. The number of halogens is 1. The number of carbonyl (C=O) groups is 1. The molecule has 0 atom stereocenters. The normalized spacial score (nSPS) is 10.3. The molecule has 138 valence electrons. The summed E-state index contributed by atoms with van der Waals surface area (Å²) in [6, 6.07) is 15.2. The molecule has 1 aromatic heterocycles. The van der Waals surface area contributed by atoms with Crippen LogP contribution < -0.4 is 10.6 Å². The van der Waals surface area contributed by atoms with Crippen LogP contribution in [0.3, 0.4) is 0 Å². The Bertz CT molecular complexity index is 933. The number of anilines is 3. The zero-order valence-corrected chi connectivity index (χ0v) is 14.8. The molecule has 0 bridgehead atoms. The summed E-state index contributed by atoms with van der Waals surface area (Å²) in [5.41, 5.74) is 1.48. The number of hydrogen-bond donors (Lipinski definition) is 2. The minimum absolute atomic E-state index is 0.277. The summed E-state index contributed by atoms with van der Waals surface area (Å²) in [5.74, 6) is 0.143. The maximum absolute atomic E-state index is 13.7. The van der Waals surface area contributed by atoms with Gasteiger partial charge in [-0.1, -0.05) is 30.3 Å². The third-order valence-electron chi connectivity index (χ3n) is 3.74. The Morgan fingerprint density at radius 3 is 2.70 bits per heavy atom. The molecule has 27 heavy (non-hydrogen) atoms. The number of esters is 1. The lowest BCUT2D eigenvalue weighted by Crippen LogP contribution is -2.09. The fourth-order valence-corrected chi connectivity index (χ4v) is 2.44. The molecule has 0 fully saturated rings. The summed E-state index contributed by atoms with van der Waals surface area (Å²) >= 11 is 0. The molecular weight excluding hydrogens is 347 g/mol. The van der Waals surface area contributed by atoms with Crippen molar-refractivity contribution in [2.24, 2.45) is 0 Å². The van der Waals surface area contributed by atoms with E-state index in [1.54, 1.807) is 61.7 Å². The van der Waals surface area contributed by atoms with Gasteiger partial charge in [0.25, 0.3) is 0 Å². The van der Waals surface area contributed by atoms with E-state index in [0.29, 0.717) is 41.7 Å². The topological polar surface area (TPSA) is 76.1 Å². The maximum atomic E-state index is 13.7. The lowest BCUT2D eigenvalue weighted by atomic mass is 10.2. The van der Waals surface area contributed by atoms with Gasteiger partial charge >= 0.3 is 5.97 Å². The van der Waals surface area contributed by atoms with E-state index in [0.717, 1.165) is 0 Å². The number of benzene rings is 2. The first-order valence-electron chi connectivity index (χ1n) is 8.51. The highest BCUT2D eigenvalue weighted by molar-refractivity contribution is 5.96. The van der Waals surface area contributed by atoms with Gasteiger partial charge in [-0.05, 0) is 31.2 Å². The highest BCUT2D eigenvalue weighted by Gasteiger charge is 2.13. The quantitative estimate of drug-likeness (QED) is 0.612. The van der Waals surface area contributed by atoms with Crippen molar-refractivity contribution in [3.05, 3.63) is 77.7 Å². The molecule has 2 N–H and O–H groups in total. The van der Waals surface area contributed by atoms with E-state index in [2.05, 4.69) is 20.6 Å². The van der Waals surface area contributed by atoms with Gasteiger partial charge in [-0.3, -0.25) is 0 Å². The summed E-state index contributed by atoms with van der Waals surface area (Å²) in [4.78, 5) is 20.6. The van der Waals surface area contributed by atoms with Crippen molar-refractivity contribution in [2.75, 3.05) is 17.2 Å². The first kappa shape index (κ1) is 18.3. The van der Waals surface area contributed by atoms with Gasteiger partial charge in [0.2, 0.25) is 5.95 Å². The molecule has 6 nitrogen and oxygen atoms in total. The minimum Gasteiger partial charge on any atom is -0.462 e. The largest absolute Gasteiger partial charge is 0.462 e. The second-order valence-electron chi connectivity index (χ2n) is 5.60. The zero-order valence-electron chi connectivity index (χ0n) is 14.8. The summed E-state index contributed by atoms with van der Waals surface area (Å²) in [7, 11) is 0. The third kappa shape index (κ3) is 4.78. The Hall–Kier alpha value is -3.48. The van der Waals surface area contributed by atoms with Crippen molar-refractivity contribution in [1.29, 1.82) is 0 Å². The Morgan fingerprint density at radius 1 is 1.11 bits per heavy atom. The van der Waals surface area contributed by atoms with Crippen molar-refractivity contribution in [3.63, 3.8) is 0 Å². The fraction of sp³-hybridized carbons (Fsp3) is 0.150. The van der Waals surface area contributed by atoms with E-state index in [1.165, 1.54) is 6.07 Å². The van der Waals surface area contributed by atoms with Crippen molar-refractivity contribution < 1.29 is 13.9 Å². The molecule has 1 heterocycles. The van der Waals surface area contributed by atoms with E-state index >= 15 is 0 Å². The minimum atomic E-state index is -0.422. The van der Waals surface area contributed by atoms with Gasteiger partial charge in [0.15, 0.2) is 0 Å². The first-order valence-corrected chi connectivity index (χ1v) is 8.51. The Labute approximate surface area is 156 Å². The fourth-order valence-electron chi connectivity index (χ4n) is 2.44. The molecule has 0 saturated carbocycles. The predicted molar refractivity (Wildman–Crippen MR) is 101 cm³/mol. The second-order valence-corrected chi connectivity index (χ2v) is 5.60. The van der Waals surface area contributed by atoms with Crippen LogP contribution in [-0.4, -0.2) is 22.5 Å². The number of nitrogens with zero attached hydrogens (tertiary/aromatic N) is 2. The van der Waals surface area contributed by atoms with Gasteiger partial charge in [-0.25, -0.2) is 14.2 Å². The molecule has 2 aromatic carbocycles. The lowest BCUT2D eigenvalue weighted by Gasteiger charge is -2.11. The summed E-state index contributed by atoms with van der Waals surface area (Å²) in [6.45, 7) is 2.34. The van der Waals surface area contributed by atoms with Gasteiger partial charge in [0, 0.05) is 18.3 Å². The number of hydrogen-bond acceptors (Lipinski definition) is 6. The van der Waals surface area contributed by atoms with Gasteiger partial charge in [-0.2, -0.15) is 4.98 Å². The molecule has 0 aliphatic carbocycles. The van der Waals surface area contributed by atoms with Crippen molar-refractivity contribution >= 4 is 23.4 Å². The number of aromatic nitrogens is 2. The molecule has 3 rings (SSSR count). The van der Waals surface area contributed by atoms with E-state index in [-0.39, 0.29) is 5.82 Å². The van der Waals surface area contributed by atoms with Gasteiger partial charge in [0.05, 0.1) is 17.9 Å². The Morgan fingerprint density at radius 2 is 1.89 bits per heavy atom. The molecule has 0 aliphatic heterocycles. The monoisotopic (exact) mass is 366 g/mol. The number of para-hydroxylation sites is 1. The van der Waals surface area contributed by atoms with E-state index in [1.807, 2.05) is 0 Å². The molecule has 0 aliphatic rings. The smallest absolute Gasteiger partial charge is 0.340 e. The molecule has 0 amide bonds. The molecule has 0 unspecified atom stereocenters. The SMILES string of the molecule is CCOC(=O)c1ccccc1Nc1nccc(NCc2ccccc2F)n1. The van der Waals surface area contributed by atoms with E-state index in [4.69, 9.17) is 4.74 Å². The zero-order chi connectivity index (χ0) is 19.1. The molecule has 7 heteroatoms. The summed E-state index contributed by atoms with van der Waals surface area (Å²) in [5, 5.41) is 6.09. The maximum Gasteiger partial charge on any atom is 0.340 e. The molecule has 0 saturated heterocycles.